The normalized spacial score (nSPS) is 11.2. The molecule has 0 bridgehead atoms. The van der Waals surface area contributed by atoms with Crippen molar-refractivity contribution < 1.29 is 27.5 Å². The summed E-state index contributed by atoms with van der Waals surface area (Å²) >= 11 is 1.25. The zero-order valence-corrected chi connectivity index (χ0v) is 14.4. The summed E-state index contributed by atoms with van der Waals surface area (Å²) in [6, 6.07) is 6.29. The van der Waals surface area contributed by atoms with Crippen LogP contribution < -0.4 is 5.32 Å². The molecule has 0 saturated heterocycles. The van der Waals surface area contributed by atoms with Crippen molar-refractivity contribution in [3.63, 3.8) is 0 Å². The van der Waals surface area contributed by atoms with Crippen molar-refractivity contribution in [1.29, 1.82) is 0 Å². The minimum atomic E-state index is -4.59. The van der Waals surface area contributed by atoms with Crippen LogP contribution in [0.5, 0.6) is 0 Å². The third-order valence-corrected chi connectivity index (χ3v) is 4.52. The Morgan fingerprint density at radius 2 is 1.92 bits per heavy atom. The number of ether oxygens (including phenoxy) is 1. The first-order valence-corrected chi connectivity index (χ1v) is 8.26. The molecule has 4 nitrogen and oxygen atoms in total. The van der Waals surface area contributed by atoms with E-state index in [0.717, 1.165) is 29.0 Å². The summed E-state index contributed by atoms with van der Waals surface area (Å²) in [4.78, 5) is 25.1. The summed E-state index contributed by atoms with van der Waals surface area (Å²) in [5, 5.41) is 2.12. The zero-order valence-electron chi connectivity index (χ0n) is 13.6. The van der Waals surface area contributed by atoms with Crippen LogP contribution in [0.2, 0.25) is 0 Å². The first-order valence-electron chi connectivity index (χ1n) is 7.45. The van der Waals surface area contributed by atoms with Gasteiger partial charge in [0, 0.05) is 4.88 Å². The van der Waals surface area contributed by atoms with Crippen LogP contribution in [-0.2, 0) is 22.1 Å². The predicted molar refractivity (Wildman–Crippen MR) is 88.8 cm³/mol. The van der Waals surface area contributed by atoms with Crippen LogP contribution in [0.15, 0.2) is 30.3 Å². The van der Waals surface area contributed by atoms with Gasteiger partial charge in [-0.25, -0.2) is 4.79 Å². The van der Waals surface area contributed by atoms with E-state index in [0.29, 0.717) is 4.88 Å². The van der Waals surface area contributed by atoms with E-state index in [4.69, 9.17) is 4.74 Å². The lowest BCUT2D eigenvalue weighted by Crippen LogP contribution is -2.22. The van der Waals surface area contributed by atoms with Gasteiger partial charge >= 0.3 is 12.1 Å². The van der Waals surface area contributed by atoms with Crippen molar-refractivity contribution >= 4 is 28.9 Å². The lowest BCUT2D eigenvalue weighted by atomic mass is 10.1. The van der Waals surface area contributed by atoms with E-state index in [9.17, 15) is 22.8 Å². The Kier molecular flexibility index (Phi) is 5.84. The number of nitrogens with one attached hydrogen (secondary N) is 1. The Hall–Kier alpha value is -2.35. The van der Waals surface area contributed by atoms with Crippen LogP contribution in [0, 0.1) is 6.92 Å². The van der Waals surface area contributed by atoms with Gasteiger partial charge in [0.2, 0.25) is 0 Å². The maximum Gasteiger partial charge on any atom is 0.418 e. The van der Waals surface area contributed by atoms with E-state index < -0.39 is 30.2 Å². The third-order valence-electron chi connectivity index (χ3n) is 3.44. The molecule has 1 aromatic heterocycles. The standard InChI is InChI=1S/C17H16F3NO3S/c1-3-11-8-14(25-10(11)2)16(23)24-9-15(22)21-13-7-5-4-6-12(13)17(18,19)20/h4-8H,3,9H2,1-2H3,(H,21,22). The molecule has 0 unspecified atom stereocenters. The van der Waals surface area contributed by atoms with Gasteiger partial charge in [-0.15, -0.1) is 11.3 Å². The molecule has 0 aliphatic heterocycles. The molecule has 134 valence electrons. The van der Waals surface area contributed by atoms with E-state index in [1.54, 1.807) is 6.07 Å². The number of halogens is 3. The number of hydrogen-bond acceptors (Lipinski definition) is 4. The summed E-state index contributed by atoms with van der Waals surface area (Å²) in [5.74, 6) is -1.51. The van der Waals surface area contributed by atoms with E-state index in [1.807, 2.05) is 13.8 Å². The van der Waals surface area contributed by atoms with Crippen molar-refractivity contribution in [2.24, 2.45) is 0 Å². The van der Waals surface area contributed by atoms with Crippen molar-refractivity contribution in [3.8, 4) is 0 Å². The van der Waals surface area contributed by atoms with Gasteiger partial charge in [0.05, 0.1) is 11.3 Å². The van der Waals surface area contributed by atoms with E-state index >= 15 is 0 Å². The fourth-order valence-electron chi connectivity index (χ4n) is 2.20. The molecule has 0 aliphatic carbocycles. The molecule has 1 aromatic carbocycles. The lowest BCUT2D eigenvalue weighted by molar-refractivity contribution is -0.137. The number of amides is 1. The number of alkyl halides is 3. The number of esters is 1. The second kappa shape index (κ2) is 7.69. The largest absolute Gasteiger partial charge is 0.451 e. The van der Waals surface area contributed by atoms with E-state index in [1.165, 1.54) is 23.5 Å². The third kappa shape index (κ3) is 4.82. The molecule has 8 heteroatoms. The first kappa shape index (κ1) is 19.0. The van der Waals surface area contributed by atoms with Crippen molar-refractivity contribution in [2.75, 3.05) is 11.9 Å². The highest BCUT2D eigenvalue weighted by atomic mass is 32.1. The van der Waals surface area contributed by atoms with Crippen molar-refractivity contribution in [2.45, 2.75) is 26.4 Å². The maximum atomic E-state index is 12.9. The monoisotopic (exact) mass is 371 g/mol. The average molecular weight is 371 g/mol. The lowest BCUT2D eigenvalue weighted by Gasteiger charge is -2.13. The number of anilines is 1. The van der Waals surface area contributed by atoms with Crippen LogP contribution in [0.25, 0.3) is 0 Å². The summed E-state index contributed by atoms with van der Waals surface area (Å²) in [6.45, 7) is 3.17. The minimum absolute atomic E-state index is 0.359. The molecular formula is C17H16F3NO3S. The van der Waals surface area contributed by atoms with Crippen LogP contribution in [0.4, 0.5) is 18.9 Å². The van der Waals surface area contributed by atoms with Gasteiger partial charge in [-0.3, -0.25) is 4.79 Å². The maximum absolute atomic E-state index is 12.9. The molecule has 2 aromatic rings. The van der Waals surface area contributed by atoms with Gasteiger partial charge in [-0.2, -0.15) is 13.2 Å². The number of thiophene rings is 1. The molecule has 0 spiro atoms. The smallest absolute Gasteiger partial charge is 0.418 e. The first-order chi connectivity index (χ1) is 11.7. The van der Waals surface area contributed by atoms with Gasteiger partial charge in [-0.1, -0.05) is 19.1 Å². The van der Waals surface area contributed by atoms with Gasteiger partial charge < -0.3 is 10.1 Å². The molecule has 0 atom stereocenters. The summed E-state index contributed by atoms with van der Waals surface area (Å²) in [7, 11) is 0. The molecule has 25 heavy (non-hydrogen) atoms. The van der Waals surface area contributed by atoms with Gasteiger partial charge in [0.25, 0.3) is 5.91 Å². The summed E-state index contributed by atoms with van der Waals surface area (Å²) < 4.78 is 43.5. The Bertz CT molecular complexity index is 784. The van der Waals surface area contributed by atoms with Crippen LogP contribution in [0.1, 0.15) is 32.6 Å². The molecule has 0 saturated carbocycles. The second-order valence-electron chi connectivity index (χ2n) is 5.21. The quantitative estimate of drug-likeness (QED) is 0.791. The molecular weight excluding hydrogens is 355 g/mol. The average Bonchev–Trinajstić information content (AvgIpc) is 2.93. The fraction of sp³-hybridized carbons (Fsp3) is 0.294. The topological polar surface area (TPSA) is 55.4 Å². The predicted octanol–water partition coefficient (Wildman–Crippen LogP) is 4.43. The minimum Gasteiger partial charge on any atom is -0.451 e. The number of rotatable bonds is 5. The molecule has 0 aliphatic rings. The number of hydrogen-bond donors (Lipinski definition) is 1. The van der Waals surface area contributed by atoms with Crippen molar-refractivity contribution in [1.82, 2.24) is 0 Å². The SMILES string of the molecule is CCc1cc(C(=O)OCC(=O)Nc2ccccc2C(F)(F)F)sc1C. The molecule has 0 radical (unpaired) electrons. The molecule has 1 amide bonds. The Labute approximate surface area is 146 Å². The fourth-order valence-corrected chi connectivity index (χ4v) is 3.21. The van der Waals surface area contributed by atoms with Crippen molar-refractivity contribution in [3.05, 3.63) is 51.2 Å². The molecule has 1 heterocycles. The Morgan fingerprint density at radius 3 is 2.52 bits per heavy atom. The van der Waals surface area contributed by atoms with E-state index in [2.05, 4.69) is 5.32 Å². The number of carbonyl (C=O) groups is 2. The van der Waals surface area contributed by atoms with Crippen LogP contribution in [-0.4, -0.2) is 18.5 Å². The van der Waals surface area contributed by atoms with Gasteiger partial charge in [0.1, 0.15) is 4.88 Å². The highest BCUT2D eigenvalue weighted by Crippen LogP contribution is 2.34. The van der Waals surface area contributed by atoms with Gasteiger partial charge in [-0.05, 0) is 37.1 Å². The Balaban J connectivity index is 1.98. The molecule has 1 N–H and O–H groups in total. The number of carbonyl (C=O) groups excluding carboxylic acids is 2. The van der Waals surface area contributed by atoms with Crippen LogP contribution in [0.3, 0.4) is 0 Å². The second-order valence-corrected chi connectivity index (χ2v) is 6.47. The van der Waals surface area contributed by atoms with Gasteiger partial charge in [0.15, 0.2) is 6.61 Å². The summed E-state index contributed by atoms with van der Waals surface area (Å²) in [5.41, 5.74) is -0.326. The zero-order chi connectivity index (χ0) is 18.6. The van der Waals surface area contributed by atoms with E-state index in [-0.39, 0.29) is 5.69 Å². The Morgan fingerprint density at radius 1 is 1.24 bits per heavy atom. The number of para-hydroxylation sites is 1. The number of aryl methyl sites for hydroxylation is 2. The van der Waals surface area contributed by atoms with Crippen LogP contribution >= 0.6 is 11.3 Å². The highest BCUT2D eigenvalue weighted by molar-refractivity contribution is 7.14. The molecule has 0 fully saturated rings. The number of benzene rings is 1. The summed E-state index contributed by atoms with van der Waals surface area (Å²) in [6.07, 6.45) is -3.82. The highest BCUT2D eigenvalue weighted by Gasteiger charge is 2.33. The molecule has 2 rings (SSSR count).